The van der Waals surface area contributed by atoms with Crippen LogP contribution in [0.5, 0.6) is 11.6 Å². The van der Waals surface area contributed by atoms with Crippen molar-refractivity contribution in [2.24, 2.45) is 0 Å². The molecule has 1 atom stereocenters. The number of ether oxygens (including phenoxy) is 1. The molecule has 0 aliphatic heterocycles. The summed E-state index contributed by atoms with van der Waals surface area (Å²) in [6.45, 7) is 7.54. The van der Waals surface area contributed by atoms with Crippen molar-refractivity contribution in [3.63, 3.8) is 0 Å². The number of H-pyrrole nitrogens is 1. The number of hydrogen-bond acceptors (Lipinski definition) is 7. The van der Waals surface area contributed by atoms with Gasteiger partial charge in [0.1, 0.15) is 15.5 Å². The Labute approximate surface area is 211 Å². The second-order valence-electron chi connectivity index (χ2n) is 7.36. The van der Waals surface area contributed by atoms with Crippen LogP contribution in [0.3, 0.4) is 0 Å². The largest absolute Gasteiger partial charge is 0.439 e. The molecule has 0 aliphatic rings. The molecule has 0 bridgehead atoms. The fraction of sp³-hybridized carbons (Fsp3) is 0.292. The summed E-state index contributed by atoms with van der Waals surface area (Å²) in [5.41, 5.74) is 0.465. The molecular weight excluding hydrogens is 494 g/mol. The van der Waals surface area contributed by atoms with Gasteiger partial charge in [-0.3, -0.25) is 14.3 Å². The lowest BCUT2D eigenvalue weighted by Gasteiger charge is -2.21. The quantitative estimate of drug-likeness (QED) is 0.227. The number of thiol groups is 1. The number of benzene rings is 1. The lowest BCUT2D eigenvalue weighted by Crippen LogP contribution is -2.36. The molecule has 10 heteroatoms. The summed E-state index contributed by atoms with van der Waals surface area (Å²) in [7, 11) is 0. The first-order valence-corrected chi connectivity index (χ1v) is 12.4. The van der Waals surface area contributed by atoms with Crippen LogP contribution in [0.15, 0.2) is 52.2 Å². The van der Waals surface area contributed by atoms with Gasteiger partial charge in [-0.15, -0.1) is 24.0 Å². The first kappa shape index (κ1) is 26.0. The van der Waals surface area contributed by atoms with Gasteiger partial charge in [0.25, 0.3) is 5.56 Å². The highest BCUT2D eigenvalue weighted by atomic mass is 35.5. The summed E-state index contributed by atoms with van der Waals surface area (Å²) in [4.78, 5) is 31.6. The molecule has 0 unspecified atom stereocenters. The standard InChI is InChI=1S/C22H20ClN3O4S2.C2H6/c1-3-22(29,31)11-26-20-17(19(27)25-21(26)28)12(2)18(32-20)13-4-9-16(24-10-13)30-15-7-5-14(23)6-8-15;1-2/h4-10,29,31H,3,11H2,1-2H3,(H,25,27,28);1-2H3/t22-;/m0./s1. The highest BCUT2D eigenvalue weighted by Gasteiger charge is 2.24. The van der Waals surface area contributed by atoms with Gasteiger partial charge in [0.15, 0.2) is 0 Å². The van der Waals surface area contributed by atoms with Gasteiger partial charge in [-0.2, -0.15) is 0 Å². The van der Waals surface area contributed by atoms with Crippen molar-refractivity contribution < 1.29 is 9.84 Å². The molecule has 34 heavy (non-hydrogen) atoms. The summed E-state index contributed by atoms with van der Waals surface area (Å²) in [6, 6.07) is 10.5. The maximum Gasteiger partial charge on any atom is 0.329 e. The second-order valence-corrected chi connectivity index (χ2v) is 9.63. The highest BCUT2D eigenvalue weighted by molar-refractivity contribution is 7.81. The summed E-state index contributed by atoms with van der Waals surface area (Å²) in [5, 5.41) is 11.4. The van der Waals surface area contributed by atoms with E-state index in [0.717, 1.165) is 16.0 Å². The molecule has 0 saturated heterocycles. The minimum absolute atomic E-state index is 0.0514. The molecule has 0 aliphatic carbocycles. The summed E-state index contributed by atoms with van der Waals surface area (Å²) in [5.74, 6) is 1.02. The third-order valence-corrected chi connectivity index (χ3v) is 7.15. The molecule has 180 valence electrons. The van der Waals surface area contributed by atoms with Gasteiger partial charge < -0.3 is 9.84 Å². The maximum absolute atomic E-state index is 12.5. The normalized spacial score (nSPS) is 12.7. The fourth-order valence-corrected chi connectivity index (χ4v) is 4.82. The number of halogens is 1. The molecule has 0 radical (unpaired) electrons. The molecule has 7 nitrogen and oxygen atoms in total. The van der Waals surface area contributed by atoms with Crippen molar-refractivity contribution in [3.05, 3.63) is 74.0 Å². The van der Waals surface area contributed by atoms with Gasteiger partial charge >= 0.3 is 5.69 Å². The van der Waals surface area contributed by atoms with Crippen LogP contribution in [0.4, 0.5) is 0 Å². The predicted octanol–water partition coefficient (Wildman–Crippen LogP) is 5.62. The first-order chi connectivity index (χ1) is 16.2. The number of fused-ring (bicyclic) bond motifs is 1. The number of rotatable bonds is 6. The van der Waals surface area contributed by atoms with Crippen molar-refractivity contribution in [2.45, 2.75) is 45.6 Å². The summed E-state index contributed by atoms with van der Waals surface area (Å²) >= 11 is 11.4. The van der Waals surface area contributed by atoms with E-state index in [1.54, 1.807) is 43.5 Å². The fourth-order valence-electron chi connectivity index (χ4n) is 3.26. The SMILES string of the molecule is CC.CC[C@](O)(S)Cn1c(=O)[nH]c(=O)c2c(C)c(-c3ccc(Oc4ccc(Cl)cc4)nc3)sc21. The monoisotopic (exact) mass is 519 g/mol. The van der Waals surface area contributed by atoms with Gasteiger partial charge in [0, 0.05) is 27.7 Å². The van der Waals surface area contributed by atoms with E-state index >= 15 is 0 Å². The molecule has 3 heterocycles. The number of nitrogens with zero attached hydrogens (tertiary/aromatic N) is 2. The van der Waals surface area contributed by atoms with Gasteiger partial charge in [0.2, 0.25) is 5.88 Å². The topological polar surface area (TPSA) is 97.2 Å². The molecule has 0 fully saturated rings. The zero-order valence-electron chi connectivity index (χ0n) is 19.3. The number of nitrogens with one attached hydrogen (secondary N) is 1. The highest BCUT2D eigenvalue weighted by Crippen LogP contribution is 2.37. The Morgan fingerprint density at radius 1 is 1.21 bits per heavy atom. The van der Waals surface area contributed by atoms with E-state index < -0.39 is 16.2 Å². The van der Waals surface area contributed by atoms with Crippen LogP contribution in [0, 0.1) is 6.92 Å². The molecule has 4 rings (SSSR count). The van der Waals surface area contributed by atoms with Crippen molar-refractivity contribution in [2.75, 3.05) is 0 Å². The Hall–Kier alpha value is -2.59. The Bertz CT molecular complexity index is 1390. The van der Waals surface area contributed by atoms with E-state index in [1.165, 1.54) is 15.9 Å². The number of hydrogen-bond donors (Lipinski definition) is 3. The van der Waals surface area contributed by atoms with Crippen LogP contribution >= 0.6 is 35.6 Å². The van der Waals surface area contributed by atoms with E-state index in [2.05, 4.69) is 22.6 Å². The van der Waals surface area contributed by atoms with E-state index in [-0.39, 0.29) is 6.54 Å². The lowest BCUT2D eigenvalue weighted by molar-refractivity contribution is 0.115. The minimum atomic E-state index is -1.38. The molecule has 0 amide bonds. The maximum atomic E-state index is 12.5. The van der Waals surface area contributed by atoms with Gasteiger partial charge in [-0.1, -0.05) is 32.4 Å². The number of aromatic nitrogens is 3. The Morgan fingerprint density at radius 3 is 2.47 bits per heavy atom. The second kappa shape index (κ2) is 10.8. The van der Waals surface area contributed by atoms with Gasteiger partial charge in [-0.05, 0) is 49.2 Å². The third kappa shape index (κ3) is 5.55. The van der Waals surface area contributed by atoms with Crippen LogP contribution in [-0.2, 0) is 6.54 Å². The minimum Gasteiger partial charge on any atom is -0.439 e. The third-order valence-electron chi connectivity index (χ3n) is 5.08. The van der Waals surface area contributed by atoms with E-state index in [1.807, 2.05) is 26.8 Å². The number of aryl methyl sites for hydroxylation is 1. The average molecular weight is 520 g/mol. The lowest BCUT2D eigenvalue weighted by atomic mass is 10.1. The van der Waals surface area contributed by atoms with Crippen molar-refractivity contribution in [1.29, 1.82) is 0 Å². The molecule has 4 aromatic rings. The predicted molar refractivity (Wildman–Crippen MR) is 142 cm³/mol. The summed E-state index contributed by atoms with van der Waals surface area (Å²) in [6.07, 6.45) is 1.99. The van der Waals surface area contributed by atoms with E-state index in [4.69, 9.17) is 16.3 Å². The Morgan fingerprint density at radius 2 is 1.88 bits per heavy atom. The number of thiophene rings is 1. The van der Waals surface area contributed by atoms with Crippen LogP contribution in [0.2, 0.25) is 5.02 Å². The van der Waals surface area contributed by atoms with Gasteiger partial charge in [0.05, 0.1) is 11.9 Å². The molecule has 3 aromatic heterocycles. The number of aliphatic hydroxyl groups is 1. The zero-order valence-corrected chi connectivity index (χ0v) is 21.7. The summed E-state index contributed by atoms with van der Waals surface area (Å²) < 4.78 is 7.09. The first-order valence-electron chi connectivity index (χ1n) is 10.8. The Balaban J connectivity index is 0.00000158. The van der Waals surface area contributed by atoms with Crippen molar-refractivity contribution in [3.8, 4) is 22.1 Å². The van der Waals surface area contributed by atoms with Crippen molar-refractivity contribution in [1.82, 2.24) is 14.5 Å². The van der Waals surface area contributed by atoms with E-state index in [9.17, 15) is 14.7 Å². The van der Waals surface area contributed by atoms with Crippen LogP contribution in [-0.4, -0.2) is 24.6 Å². The number of pyridine rings is 1. The number of aromatic amines is 1. The molecule has 0 saturated carbocycles. The average Bonchev–Trinajstić information content (AvgIpc) is 3.17. The van der Waals surface area contributed by atoms with Crippen LogP contribution < -0.4 is 16.0 Å². The zero-order chi connectivity index (χ0) is 25.0. The molecular formula is C24H26ClN3O4S2. The van der Waals surface area contributed by atoms with Crippen LogP contribution in [0.1, 0.15) is 32.8 Å². The Kier molecular flexibility index (Phi) is 8.25. The molecule has 0 spiro atoms. The van der Waals surface area contributed by atoms with E-state index in [0.29, 0.717) is 33.3 Å². The van der Waals surface area contributed by atoms with Crippen molar-refractivity contribution >= 4 is 45.8 Å². The smallest absolute Gasteiger partial charge is 0.329 e. The van der Waals surface area contributed by atoms with Gasteiger partial charge in [-0.25, -0.2) is 9.78 Å². The van der Waals surface area contributed by atoms with Crippen LogP contribution in [0.25, 0.3) is 20.7 Å². The molecule has 1 aromatic carbocycles. The molecule has 2 N–H and O–H groups in total.